The molecule has 2 unspecified atom stereocenters. The second kappa shape index (κ2) is 7.69. The van der Waals surface area contributed by atoms with E-state index in [4.69, 9.17) is 14.5 Å². The Balaban J connectivity index is 2.09. The van der Waals surface area contributed by atoms with Gasteiger partial charge >= 0.3 is 0 Å². The molecule has 3 rings (SSSR count). The molecule has 0 aliphatic heterocycles. The molecule has 5 nitrogen and oxygen atoms in total. The molecule has 0 spiro atoms. The van der Waals surface area contributed by atoms with E-state index >= 15 is 0 Å². The van der Waals surface area contributed by atoms with E-state index in [9.17, 15) is 0 Å². The SMILES string of the molecule is COc1nc(C(C)C)ccc1-c1ccc2c(n1)c(C)cn2C(C)C(C)OC. The molecule has 27 heavy (non-hydrogen) atoms. The number of methoxy groups -OCH3 is 2. The third-order valence-electron chi connectivity index (χ3n) is 5.29. The van der Waals surface area contributed by atoms with Gasteiger partial charge < -0.3 is 14.0 Å². The van der Waals surface area contributed by atoms with Crippen molar-refractivity contribution in [3.63, 3.8) is 0 Å². The van der Waals surface area contributed by atoms with Crippen LogP contribution < -0.4 is 4.74 Å². The van der Waals surface area contributed by atoms with Crippen LogP contribution in [0.2, 0.25) is 0 Å². The van der Waals surface area contributed by atoms with Crippen LogP contribution in [0.25, 0.3) is 22.3 Å². The molecule has 2 atom stereocenters. The van der Waals surface area contributed by atoms with E-state index in [2.05, 4.69) is 68.6 Å². The maximum Gasteiger partial charge on any atom is 0.222 e. The van der Waals surface area contributed by atoms with Crippen molar-refractivity contribution in [3.8, 4) is 17.1 Å². The number of aryl methyl sites for hydroxylation is 1. The first-order chi connectivity index (χ1) is 12.9. The van der Waals surface area contributed by atoms with Crippen LogP contribution in [-0.2, 0) is 4.74 Å². The first-order valence-electron chi connectivity index (χ1n) is 9.43. The Morgan fingerprint density at radius 2 is 1.70 bits per heavy atom. The van der Waals surface area contributed by atoms with Crippen molar-refractivity contribution in [1.82, 2.24) is 14.5 Å². The van der Waals surface area contributed by atoms with Gasteiger partial charge in [0.05, 0.1) is 41.5 Å². The van der Waals surface area contributed by atoms with Gasteiger partial charge in [0, 0.05) is 19.0 Å². The molecule has 0 fully saturated rings. The second-order valence-corrected chi connectivity index (χ2v) is 7.41. The zero-order chi connectivity index (χ0) is 19.7. The smallest absolute Gasteiger partial charge is 0.222 e. The summed E-state index contributed by atoms with van der Waals surface area (Å²) in [4.78, 5) is 9.59. The zero-order valence-electron chi connectivity index (χ0n) is 17.3. The van der Waals surface area contributed by atoms with E-state index in [0.29, 0.717) is 11.8 Å². The van der Waals surface area contributed by atoms with Crippen LogP contribution >= 0.6 is 0 Å². The summed E-state index contributed by atoms with van der Waals surface area (Å²) in [6.45, 7) is 10.6. The Morgan fingerprint density at radius 3 is 2.33 bits per heavy atom. The van der Waals surface area contributed by atoms with Gasteiger partial charge in [0.2, 0.25) is 5.88 Å². The predicted octanol–water partition coefficient (Wildman–Crippen LogP) is 5.13. The summed E-state index contributed by atoms with van der Waals surface area (Å²) in [6.07, 6.45) is 2.27. The van der Waals surface area contributed by atoms with Crippen molar-refractivity contribution in [1.29, 1.82) is 0 Å². The quantitative estimate of drug-likeness (QED) is 0.606. The molecule has 0 radical (unpaired) electrons. The molecular formula is C22H29N3O2. The Morgan fingerprint density at radius 1 is 0.963 bits per heavy atom. The lowest BCUT2D eigenvalue weighted by Crippen LogP contribution is -2.19. The highest BCUT2D eigenvalue weighted by molar-refractivity contribution is 5.83. The highest BCUT2D eigenvalue weighted by atomic mass is 16.5. The van der Waals surface area contributed by atoms with Gasteiger partial charge in [-0.25, -0.2) is 9.97 Å². The third kappa shape index (κ3) is 3.56. The van der Waals surface area contributed by atoms with E-state index in [0.717, 1.165) is 33.5 Å². The Labute approximate surface area is 161 Å². The van der Waals surface area contributed by atoms with Gasteiger partial charge in [-0.1, -0.05) is 13.8 Å². The molecular weight excluding hydrogens is 338 g/mol. The van der Waals surface area contributed by atoms with Crippen molar-refractivity contribution in [2.24, 2.45) is 0 Å². The standard InChI is InChI=1S/C22H29N3O2/c1-13(2)18-9-8-17(22(24-18)27-7)19-10-11-20-21(23-19)14(3)12-25(20)15(4)16(5)26-6/h8-13,15-16H,1-7H3. The van der Waals surface area contributed by atoms with E-state index in [1.165, 1.54) is 0 Å². The van der Waals surface area contributed by atoms with E-state index < -0.39 is 0 Å². The normalized spacial score (nSPS) is 13.9. The monoisotopic (exact) mass is 367 g/mol. The summed E-state index contributed by atoms with van der Waals surface area (Å²) in [6, 6.07) is 8.49. The molecule has 5 heteroatoms. The van der Waals surface area contributed by atoms with Crippen LogP contribution in [0.3, 0.4) is 0 Å². The van der Waals surface area contributed by atoms with Gasteiger partial charge in [-0.3, -0.25) is 0 Å². The Kier molecular flexibility index (Phi) is 5.51. The maximum absolute atomic E-state index is 5.55. The van der Waals surface area contributed by atoms with Crippen molar-refractivity contribution < 1.29 is 9.47 Å². The average Bonchev–Trinajstić information content (AvgIpc) is 3.02. The Hall–Kier alpha value is -2.40. The molecule has 0 N–H and O–H groups in total. The molecule has 0 amide bonds. The number of aromatic nitrogens is 3. The summed E-state index contributed by atoms with van der Waals surface area (Å²) < 4.78 is 13.3. The molecule has 0 saturated carbocycles. The summed E-state index contributed by atoms with van der Waals surface area (Å²) in [7, 11) is 3.40. The van der Waals surface area contributed by atoms with Crippen LogP contribution in [0.15, 0.2) is 30.5 Å². The minimum Gasteiger partial charge on any atom is -0.480 e. The number of pyridine rings is 2. The van der Waals surface area contributed by atoms with Crippen LogP contribution in [0.1, 0.15) is 50.9 Å². The minimum atomic E-state index is 0.118. The van der Waals surface area contributed by atoms with Gasteiger partial charge in [0.25, 0.3) is 0 Å². The molecule has 144 valence electrons. The lowest BCUT2D eigenvalue weighted by Gasteiger charge is -2.21. The van der Waals surface area contributed by atoms with Gasteiger partial charge in [0.15, 0.2) is 0 Å². The summed E-state index contributed by atoms with van der Waals surface area (Å²) in [5, 5.41) is 0. The number of hydrogen-bond acceptors (Lipinski definition) is 4. The van der Waals surface area contributed by atoms with Crippen LogP contribution in [0, 0.1) is 6.92 Å². The molecule has 0 bridgehead atoms. The topological polar surface area (TPSA) is 49.2 Å². The molecule has 3 aromatic heterocycles. The lowest BCUT2D eigenvalue weighted by molar-refractivity contribution is 0.0792. The van der Waals surface area contributed by atoms with Crippen molar-refractivity contribution in [3.05, 3.63) is 41.7 Å². The summed E-state index contributed by atoms with van der Waals surface area (Å²) >= 11 is 0. The fourth-order valence-corrected chi connectivity index (χ4v) is 3.33. The van der Waals surface area contributed by atoms with Gasteiger partial charge in [0.1, 0.15) is 0 Å². The van der Waals surface area contributed by atoms with Crippen molar-refractivity contribution in [2.45, 2.75) is 52.7 Å². The van der Waals surface area contributed by atoms with Crippen LogP contribution in [0.5, 0.6) is 5.88 Å². The predicted molar refractivity (Wildman–Crippen MR) is 110 cm³/mol. The van der Waals surface area contributed by atoms with E-state index in [1.54, 1.807) is 14.2 Å². The summed E-state index contributed by atoms with van der Waals surface area (Å²) in [5.74, 6) is 0.968. The van der Waals surface area contributed by atoms with E-state index in [-0.39, 0.29) is 12.1 Å². The Bertz CT molecular complexity index is 946. The van der Waals surface area contributed by atoms with Crippen molar-refractivity contribution >= 4 is 11.0 Å². The van der Waals surface area contributed by atoms with Crippen molar-refractivity contribution in [2.75, 3.05) is 14.2 Å². The van der Waals surface area contributed by atoms with E-state index in [1.807, 2.05) is 6.07 Å². The molecule has 0 saturated heterocycles. The largest absolute Gasteiger partial charge is 0.480 e. The fraction of sp³-hybridized carbons (Fsp3) is 0.455. The second-order valence-electron chi connectivity index (χ2n) is 7.41. The van der Waals surface area contributed by atoms with Crippen LogP contribution in [-0.4, -0.2) is 34.9 Å². The summed E-state index contributed by atoms with van der Waals surface area (Å²) in [5.41, 5.74) is 6.05. The molecule has 3 heterocycles. The first kappa shape index (κ1) is 19.4. The molecule has 0 aromatic carbocycles. The first-order valence-corrected chi connectivity index (χ1v) is 9.43. The number of nitrogens with zero attached hydrogens (tertiary/aromatic N) is 3. The molecule has 0 aliphatic carbocycles. The third-order valence-corrected chi connectivity index (χ3v) is 5.29. The minimum absolute atomic E-state index is 0.118. The number of rotatable bonds is 6. The zero-order valence-corrected chi connectivity index (χ0v) is 17.3. The highest BCUT2D eigenvalue weighted by Gasteiger charge is 2.19. The van der Waals surface area contributed by atoms with Gasteiger partial charge in [-0.15, -0.1) is 0 Å². The number of fused-ring (bicyclic) bond motifs is 1. The van der Waals surface area contributed by atoms with Gasteiger partial charge in [-0.05, 0) is 56.5 Å². The highest BCUT2D eigenvalue weighted by Crippen LogP contribution is 2.32. The van der Waals surface area contributed by atoms with Gasteiger partial charge in [-0.2, -0.15) is 0 Å². The van der Waals surface area contributed by atoms with Crippen LogP contribution in [0.4, 0.5) is 0 Å². The average molecular weight is 367 g/mol. The number of hydrogen-bond donors (Lipinski definition) is 0. The maximum atomic E-state index is 5.55. The molecule has 3 aromatic rings. The number of ether oxygens (including phenoxy) is 2. The molecule has 0 aliphatic rings. The lowest BCUT2D eigenvalue weighted by atomic mass is 10.1. The fourth-order valence-electron chi connectivity index (χ4n) is 3.33.